The van der Waals surface area contributed by atoms with Crippen LogP contribution in [-0.2, 0) is 16.1 Å². The van der Waals surface area contributed by atoms with E-state index in [1.165, 1.54) is 19.4 Å². The number of hydrogen-bond acceptors (Lipinski definition) is 3. The highest BCUT2D eigenvalue weighted by Gasteiger charge is 2.08. The molecule has 0 aliphatic carbocycles. The number of carbonyl (C=O) groups excluding carboxylic acids is 1. The van der Waals surface area contributed by atoms with Crippen LogP contribution in [0.3, 0.4) is 0 Å². The Kier molecular flexibility index (Phi) is 4.84. The second-order valence-electron chi connectivity index (χ2n) is 2.31. The Morgan fingerprint density at radius 2 is 2.38 bits per heavy atom. The number of carbonyl (C=O) groups is 1. The Morgan fingerprint density at radius 3 is 2.92 bits per heavy atom. The minimum atomic E-state index is -0.342. The molecule has 0 aliphatic rings. The van der Waals surface area contributed by atoms with Gasteiger partial charge in [-0.2, -0.15) is 4.57 Å². The molecule has 4 nitrogen and oxygen atoms in total. The summed E-state index contributed by atoms with van der Waals surface area (Å²) in [7, 11) is 1.33. The molecule has 72 valence electrons. The summed E-state index contributed by atoms with van der Waals surface area (Å²) in [5, 5.41) is 9.03. The molecule has 0 spiro atoms. The SMILES string of the molecule is COC(=O)C[n+]1cccc(O)c1.[Cl-]. The molecule has 1 rings (SSSR count). The predicted molar refractivity (Wildman–Crippen MR) is 40.3 cm³/mol. The van der Waals surface area contributed by atoms with Crippen molar-refractivity contribution >= 4 is 5.97 Å². The normalized spacial score (nSPS) is 8.69. The maximum Gasteiger partial charge on any atom is 0.372 e. The number of aromatic hydroxyl groups is 1. The van der Waals surface area contributed by atoms with Gasteiger partial charge in [-0.05, 0) is 6.07 Å². The van der Waals surface area contributed by atoms with Gasteiger partial charge in [-0.1, -0.05) is 0 Å². The molecular formula is C8H10ClNO3. The van der Waals surface area contributed by atoms with Gasteiger partial charge >= 0.3 is 5.97 Å². The molecule has 0 unspecified atom stereocenters. The zero-order valence-corrected chi connectivity index (χ0v) is 7.86. The molecule has 13 heavy (non-hydrogen) atoms. The van der Waals surface area contributed by atoms with Crippen LogP contribution in [0.2, 0.25) is 0 Å². The van der Waals surface area contributed by atoms with Crippen molar-refractivity contribution in [3.8, 4) is 5.75 Å². The van der Waals surface area contributed by atoms with E-state index in [-0.39, 0.29) is 30.7 Å². The molecule has 0 amide bonds. The molecule has 0 saturated heterocycles. The average molecular weight is 204 g/mol. The van der Waals surface area contributed by atoms with Gasteiger partial charge in [0.1, 0.15) is 0 Å². The maximum absolute atomic E-state index is 10.8. The third-order valence-corrected chi connectivity index (χ3v) is 1.38. The standard InChI is InChI=1S/C8H9NO3.ClH/c1-12-8(11)6-9-4-2-3-7(10)5-9;/h2-5H,6H2,1H3;1H. The van der Waals surface area contributed by atoms with Gasteiger partial charge in [-0.3, -0.25) is 0 Å². The first-order valence-corrected chi connectivity index (χ1v) is 3.47. The summed E-state index contributed by atoms with van der Waals surface area (Å²) in [5.41, 5.74) is 0. The quantitative estimate of drug-likeness (QED) is 0.408. The second kappa shape index (κ2) is 5.37. The van der Waals surface area contributed by atoms with Crippen LogP contribution in [-0.4, -0.2) is 18.2 Å². The van der Waals surface area contributed by atoms with Gasteiger partial charge in [0.25, 0.3) is 0 Å². The largest absolute Gasteiger partial charge is 1.00 e. The summed E-state index contributed by atoms with van der Waals surface area (Å²) in [4.78, 5) is 10.8. The van der Waals surface area contributed by atoms with Crippen molar-refractivity contribution in [3.05, 3.63) is 24.5 Å². The molecule has 0 aliphatic heterocycles. The van der Waals surface area contributed by atoms with E-state index >= 15 is 0 Å². The maximum atomic E-state index is 10.8. The van der Waals surface area contributed by atoms with E-state index in [1.807, 2.05) is 0 Å². The molecule has 1 heterocycles. The Balaban J connectivity index is 0.00000144. The number of ether oxygens (including phenoxy) is 1. The first-order chi connectivity index (χ1) is 5.72. The number of pyridine rings is 1. The zero-order chi connectivity index (χ0) is 8.97. The van der Waals surface area contributed by atoms with Crippen molar-refractivity contribution in [1.82, 2.24) is 0 Å². The van der Waals surface area contributed by atoms with Crippen molar-refractivity contribution < 1.29 is 31.6 Å². The molecular weight excluding hydrogens is 194 g/mol. The fraction of sp³-hybridized carbons (Fsp3) is 0.250. The third kappa shape index (κ3) is 3.75. The lowest BCUT2D eigenvalue weighted by Crippen LogP contribution is -3.00. The van der Waals surface area contributed by atoms with Crippen LogP contribution >= 0.6 is 0 Å². The second-order valence-corrected chi connectivity index (χ2v) is 2.31. The van der Waals surface area contributed by atoms with E-state index in [9.17, 15) is 4.79 Å². The number of esters is 1. The number of nitrogens with zero attached hydrogens (tertiary/aromatic N) is 1. The Hall–Kier alpha value is -1.29. The minimum absolute atomic E-state index is 0. The number of rotatable bonds is 2. The summed E-state index contributed by atoms with van der Waals surface area (Å²) in [5.74, 6) is -0.216. The van der Waals surface area contributed by atoms with E-state index in [0.717, 1.165) is 0 Å². The van der Waals surface area contributed by atoms with Crippen molar-refractivity contribution in [2.24, 2.45) is 0 Å². The van der Waals surface area contributed by atoms with E-state index in [0.29, 0.717) is 0 Å². The molecule has 0 bridgehead atoms. The molecule has 0 aromatic carbocycles. The van der Waals surface area contributed by atoms with Crippen LogP contribution < -0.4 is 17.0 Å². The van der Waals surface area contributed by atoms with Gasteiger partial charge in [0, 0.05) is 6.07 Å². The smallest absolute Gasteiger partial charge is 0.372 e. The fourth-order valence-electron chi connectivity index (χ4n) is 0.820. The highest BCUT2D eigenvalue weighted by Crippen LogP contribution is 1.99. The summed E-state index contributed by atoms with van der Waals surface area (Å²) in [6, 6.07) is 3.19. The van der Waals surface area contributed by atoms with Crippen LogP contribution in [0.4, 0.5) is 0 Å². The average Bonchev–Trinajstić information content (AvgIpc) is 2.04. The fourth-order valence-corrected chi connectivity index (χ4v) is 0.820. The Bertz CT molecular complexity index is 290. The molecule has 0 radical (unpaired) electrons. The van der Waals surface area contributed by atoms with Crippen LogP contribution in [0.5, 0.6) is 5.75 Å². The monoisotopic (exact) mass is 203 g/mol. The Labute approximate surface area is 82.2 Å². The lowest BCUT2D eigenvalue weighted by Gasteiger charge is -1.95. The molecule has 0 saturated carbocycles. The molecule has 1 aromatic heterocycles. The van der Waals surface area contributed by atoms with Gasteiger partial charge in [-0.25, -0.2) is 4.79 Å². The van der Waals surface area contributed by atoms with Crippen LogP contribution in [0.1, 0.15) is 0 Å². The number of hydrogen-bond donors (Lipinski definition) is 1. The van der Waals surface area contributed by atoms with Crippen molar-refractivity contribution in [2.75, 3.05) is 7.11 Å². The number of aromatic nitrogens is 1. The highest BCUT2D eigenvalue weighted by atomic mass is 35.5. The first kappa shape index (κ1) is 11.7. The molecule has 5 heteroatoms. The first-order valence-electron chi connectivity index (χ1n) is 3.47. The lowest BCUT2D eigenvalue weighted by atomic mass is 10.4. The van der Waals surface area contributed by atoms with E-state index in [1.54, 1.807) is 16.8 Å². The molecule has 1 aromatic rings. The van der Waals surface area contributed by atoms with Gasteiger partial charge in [0.2, 0.25) is 12.7 Å². The van der Waals surface area contributed by atoms with Crippen LogP contribution in [0.15, 0.2) is 24.5 Å². The number of halogens is 1. The van der Waals surface area contributed by atoms with E-state index in [4.69, 9.17) is 5.11 Å². The summed E-state index contributed by atoms with van der Waals surface area (Å²) in [6.45, 7) is 0.116. The lowest BCUT2D eigenvalue weighted by molar-refractivity contribution is -0.686. The van der Waals surface area contributed by atoms with E-state index in [2.05, 4.69) is 4.74 Å². The summed E-state index contributed by atoms with van der Waals surface area (Å²) in [6.07, 6.45) is 3.13. The predicted octanol–water partition coefficient (Wildman–Crippen LogP) is -3.14. The van der Waals surface area contributed by atoms with Gasteiger partial charge in [0.05, 0.1) is 7.11 Å². The third-order valence-electron chi connectivity index (χ3n) is 1.38. The summed E-state index contributed by atoms with van der Waals surface area (Å²) < 4.78 is 6.00. The molecule has 1 N–H and O–H groups in total. The topological polar surface area (TPSA) is 50.4 Å². The van der Waals surface area contributed by atoms with Crippen molar-refractivity contribution in [1.29, 1.82) is 0 Å². The van der Waals surface area contributed by atoms with Gasteiger partial charge in [0.15, 0.2) is 11.9 Å². The minimum Gasteiger partial charge on any atom is -1.00 e. The van der Waals surface area contributed by atoms with E-state index < -0.39 is 0 Å². The molecule has 0 atom stereocenters. The summed E-state index contributed by atoms with van der Waals surface area (Å²) >= 11 is 0. The van der Waals surface area contributed by atoms with Crippen molar-refractivity contribution in [3.63, 3.8) is 0 Å². The number of methoxy groups -OCH3 is 1. The van der Waals surface area contributed by atoms with Crippen molar-refractivity contribution in [2.45, 2.75) is 6.54 Å². The Morgan fingerprint density at radius 1 is 1.69 bits per heavy atom. The molecule has 0 fully saturated rings. The van der Waals surface area contributed by atoms with Crippen LogP contribution in [0, 0.1) is 0 Å². The van der Waals surface area contributed by atoms with Crippen LogP contribution in [0.25, 0.3) is 0 Å². The zero-order valence-electron chi connectivity index (χ0n) is 7.11. The highest BCUT2D eigenvalue weighted by molar-refractivity contribution is 5.67. The van der Waals surface area contributed by atoms with Gasteiger partial charge < -0.3 is 22.3 Å². The van der Waals surface area contributed by atoms with Gasteiger partial charge in [-0.15, -0.1) is 0 Å².